The highest BCUT2D eigenvalue weighted by atomic mass is 127. The van der Waals surface area contributed by atoms with E-state index in [1.807, 2.05) is 4.90 Å². The molecule has 1 aliphatic heterocycles. The van der Waals surface area contributed by atoms with E-state index in [1.165, 1.54) is 19.3 Å². The van der Waals surface area contributed by atoms with Crippen molar-refractivity contribution in [1.29, 1.82) is 0 Å². The number of halogens is 1. The molecule has 1 amide bonds. The lowest BCUT2D eigenvalue weighted by molar-refractivity contribution is -0.126. The molecule has 1 saturated heterocycles. The molecule has 0 unspecified atom stereocenters. The minimum atomic E-state index is 0.166. The van der Waals surface area contributed by atoms with Gasteiger partial charge in [-0.25, -0.2) is 0 Å². The zero-order valence-corrected chi connectivity index (χ0v) is 8.58. The molecule has 1 aliphatic rings. The minimum absolute atomic E-state index is 0.166. The lowest BCUT2D eigenvalue weighted by atomic mass is 10.1. The molecular weight excluding hydrogens is 253 g/mol. The summed E-state index contributed by atoms with van der Waals surface area (Å²) in [6.07, 6.45) is 5.24. The molecule has 0 aromatic carbocycles. The Morgan fingerprint density at radius 1 is 1.27 bits per heavy atom. The Morgan fingerprint density at radius 3 is 2.45 bits per heavy atom. The highest BCUT2D eigenvalue weighted by Gasteiger charge is 2.12. The van der Waals surface area contributed by atoms with Gasteiger partial charge in [-0.1, -0.05) is 22.6 Å². The summed E-state index contributed by atoms with van der Waals surface area (Å²) in [4.78, 5) is 13.1. The Balaban J connectivity index is 2.38. The lowest BCUT2D eigenvalue weighted by Gasteiger charge is -2.25. The van der Waals surface area contributed by atoms with E-state index in [0.29, 0.717) is 0 Å². The quantitative estimate of drug-likeness (QED) is 0.524. The molecule has 0 N–H and O–H groups in total. The molecular formula is C8H12INO. The van der Waals surface area contributed by atoms with E-state index in [9.17, 15) is 4.79 Å². The number of hydrogen-bond acceptors (Lipinski definition) is 1. The van der Waals surface area contributed by atoms with Crippen LogP contribution in [-0.4, -0.2) is 23.9 Å². The fourth-order valence-corrected chi connectivity index (χ4v) is 1.58. The smallest absolute Gasteiger partial charge is 0.247 e. The lowest BCUT2D eigenvalue weighted by Crippen LogP contribution is -2.34. The van der Waals surface area contributed by atoms with Gasteiger partial charge in [0.15, 0.2) is 0 Å². The Kier molecular flexibility index (Phi) is 3.90. The molecule has 0 aromatic heterocycles. The molecule has 0 spiro atoms. The molecule has 3 heteroatoms. The number of carbonyl (C=O) groups excluding carboxylic acids is 1. The zero-order valence-electron chi connectivity index (χ0n) is 6.42. The van der Waals surface area contributed by atoms with Crippen molar-refractivity contribution in [2.45, 2.75) is 19.3 Å². The number of carbonyl (C=O) groups is 1. The van der Waals surface area contributed by atoms with Gasteiger partial charge in [0.2, 0.25) is 5.91 Å². The number of nitrogens with zero attached hydrogens (tertiary/aromatic N) is 1. The minimum Gasteiger partial charge on any atom is -0.339 e. The largest absolute Gasteiger partial charge is 0.339 e. The van der Waals surface area contributed by atoms with Gasteiger partial charge in [-0.15, -0.1) is 0 Å². The van der Waals surface area contributed by atoms with Gasteiger partial charge in [0.1, 0.15) is 0 Å². The van der Waals surface area contributed by atoms with Crippen LogP contribution < -0.4 is 0 Å². The van der Waals surface area contributed by atoms with E-state index < -0.39 is 0 Å². The first-order valence-electron chi connectivity index (χ1n) is 3.90. The van der Waals surface area contributed by atoms with Gasteiger partial charge in [-0.2, -0.15) is 0 Å². The Morgan fingerprint density at radius 2 is 1.91 bits per heavy atom. The van der Waals surface area contributed by atoms with Gasteiger partial charge in [-0.05, 0) is 23.3 Å². The average molecular weight is 265 g/mol. The van der Waals surface area contributed by atoms with Gasteiger partial charge in [-0.3, -0.25) is 4.79 Å². The summed E-state index contributed by atoms with van der Waals surface area (Å²) in [5.74, 6) is 0.166. The number of likely N-dealkylation sites (tertiary alicyclic amines) is 1. The second kappa shape index (κ2) is 4.74. The summed E-state index contributed by atoms with van der Waals surface area (Å²) in [5, 5.41) is 0. The third kappa shape index (κ3) is 2.81. The molecule has 11 heavy (non-hydrogen) atoms. The summed E-state index contributed by atoms with van der Waals surface area (Å²) in [6.45, 7) is 1.89. The van der Waals surface area contributed by atoms with Gasteiger partial charge >= 0.3 is 0 Å². The maximum Gasteiger partial charge on any atom is 0.247 e. The van der Waals surface area contributed by atoms with Gasteiger partial charge in [0, 0.05) is 19.2 Å². The molecule has 1 rings (SSSR count). The molecule has 0 aromatic rings. The number of amides is 1. The van der Waals surface area contributed by atoms with Crippen molar-refractivity contribution in [3.63, 3.8) is 0 Å². The van der Waals surface area contributed by atoms with Crippen LogP contribution in [0.4, 0.5) is 0 Å². The molecule has 2 nitrogen and oxygen atoms in total. The molecule has 0 radical (unpaired) electrons. The Labute approximate surface area is 80.8 Å². The maximum atomic E-state index is 11.2. The highest BCUT2D eigenvalue weighted by Crippen LogP contribution is 2.08. The summed E-state index contributed by atoms with van der Waals surface area (Å²) in [5.41, 5.74) is 0. The van der Waals surface area contributed by atoms with Crippen LogP contribution in [0.25, 0.3) is 0 Å². The summed E-state index contributed by atoms with van der Waals surface area (Å²) >= 11 is 2.07. The van der Waals surface area contributed by atoms with Gasteiger partial charge < -0.3 is 4.90 Å². The fraction of sp³-hybridized carbons (Fsp3) is 0.625. The van der Waals surface area contributed by atoms with Crippen LogP contribution in [0.5, 0.6) is 0 Å². The second-order valence-electron chi connectivity index (χ2n) is 2.68. The van der Waals surface area contributed by atoms with Crippen molar-refractivity contribution in [1.82, 2.24) is 4.90 Å². The van der Waals surface area contributed by atoms with Crippen molar-refractivity contribution in [2.75, 3.05) is 13.1 Å². The summed E-state index contributed by atoms with van der Waals surface area (Å²) in [7, 11) is 0. The Bertz CT molecular complexity index is 161. The highest BCUT2D eigenvalue weighted by molar-refractivity contribution is 14.1. The van der Waals surface area contributed by atoms with E-state index in [0.717, 1.165) is 13.1 Å². The van der Waals surface area contributed by atoms with Crippen molar-refractivity contribution in [2.24, 2.45) is 0 Å². The van der Waals surface area contributed by atoms with Gasteiger partial charge in [0.25, 0.3) is 0 Å². The van der Waals surface area contributed by atoms with Crippen LogP contribution >= 0.6 is 22.6 Å². The van der Waals surface area contributed by atoms with Crippen LogP contribution in [0.1, 0.15) is 19.3 Å². The molecule has 0 aliphatic carbocycles. The monoisotopic (exact) mass is 265 g/mol. The van der Waals surface area contributed by atoms with Gasteiger partial charge in [0.05, 0.1) is 0 Å². The van der Waals surface area contributed by atoms with Crippen LogP contribution in [0.15, 0.2) is 10.2 Å². The number of hydrogen-bond donors (Lipinski definition) is 0. The summed E-state index contributed by atoms with van der Waals surface area (Å²) < 4.78 is 1.77. The van der Waals surface area contributed by atoms with E-state index in [1.54, 1.807) is 10.2 Å². The topological polar surface area (TPSA) is 20.3 Å². The predicted octanol–water partition coefficient (Wildman–Crippen LogP) is 1.95. The van der Waals surface area contributed by atoms with E-state index >= 15 is 0 Å². The van der Waals surface area contributed by atoms with Crippen molar-refractivity contribution in [3.8, 4) is 0 Å². The molecule has 62 valence electrons. The van der Waals surface area contributed by atoms with E-state index in [-0.39, 0.29) is 5.91 Å². The molecule has 0 atom stereocenters. The molecule has 0 bridgehead atoms. The standard InChI is InChI=1S/C8H12INO/c9-5-4-8(11)10-6-2-1-3-7-10/h4-5H,1-3,6-7H2/b5-4+. The fourth-order valence-electron chi connectivity index (χ4n) is 1.27. The van der Waals surface area contributed by atoms with Crippen molar-refractivity contribution >= 4 is 28.5 Å². The maximum absolute atomic E-state index is 11.2. The molecule has 1 heterocycles. The molecule has 0 saturated carbocycles. The zero-order chi connectivity index (χ0) is 8.10. The summed E-state index contributed by atoms with van der Waals surface area (Å²) in [6, 6.07) is 0. The third-order valence-corrected chi connectivity index (χ3v) is 2.23. The van der Waals surface area contributed by atoms with Crippen LogP contribution in [0.3, 0.4) is 0 Å². The number of rotatable bonds is 1. The second-order valence-corrected chi connectivity index (χ2v) is 3.40. The first-order chi connectivity index (χ1) is 5.34. The first kappa shape index (κ1) is 9.03. The van der Waals surface area contributed by atoms with Crippen LogP contribution in [0, 0.1) is 0 Å². The first-order valence-corrected chi connectivity index (χ1v) is 5.15. The average Bonchev–Trinajstić information content (AvgIpc) is 2.07. The van der Waals surface area contributed by atoms with E-state index in [4.69, 9.17) is 0 Å². The molecule has 1 fully saturated rings. The van der Waals surface area contributed by atoms with E-state index in [2.05, 4.69) is 22.6 Å². The normalized spacial score (nSPS) is 19.2. The third-order valence-electron chi connectivity index (χ3n) is 1.87. The van der Waals surface area contributed by atoms with Crippen molar-refractivity contribution in [3.05, 3.63) is 10.2 Å². The predicted molar refractivity (Wildman–Crippen MR) is 53.6 cm³/mol. The van der Waals surface area contributed by atoms with Crippen molar-refractivity contribution < 1.29 is 4.79 Å². The van der Waals surface area contributed by atoms with Crippen LogP contribution in [0.2, 0.25) is 0 Å². The Hall–Kier alpha value is -0.0600. The number of piperidine rings is 1. The SMILES string of the molecule is O=C(/C=C/I)N1CCCCC1. The van der Waals surface area contributed by atoms with Crippen LogP contribution in [-0.2, 0) is 4.79 Å².